The van der Waals surface area contributed by atoms with Crippen LogP contribution in [0.15, 0.2) is 48.5 Å². The summed E-state index contributed by atoms with van der Waals surface area (Å²) in [5.74, 6) is 0.798. The number of nitrogens with zero attached hydrogens (tertiary/aromatic N) is 1. The van der Waals surface area contributed by atoms with Gasteiger partial charge in [0.15, 0.2) is 0 Å². The maximum Gasteiger partial charge on any atom is 0.337 e. The van der Waals surface area contributed by atoms with Crippen LogP contribution >= 0.6 is 0 Å². The number of para-hydroxylation sites is 1. The fourth-order valence-electron chi connectivity index (χ4n) is 4.58. The molecule has 1 fully saturated rings. The van der Waals surface area contributed by atoms with E-state index in [1.165, 1.54) is 29.3 Å². The van der Waals surface area contributed by atoms with Crippen LogP contribution < -0.4 is 4.74 Å². The smallest absolute Gasteiger partial charge is 0.337 e. The summed E-state index contributed by atoms with van der Waals surface area (Å²) >= 11 is 0. The molecule has 1 unspecified atom stereocenters. The third-order valence-electron chi connectivity index (χ3n) is 6.13. The van der Waals surface area contributed by atoms with E-state index in [2.05, 4.69) is 41.1 Å². The fourth-order valence-corrected chi connectivity index (χ4v) is 4.58. The lowest BCUT2D eigenvalue weighted by Gasteiger charge is -2.33. The van der Waals surface area contributed by atoms with Crippen molar-refractivity contribution >= 4 is 16.9 Å². The SMILES string of the molecule is COC(=O)c1ccc(OCC(O)CN2CCC(c3c(C)[nH]c4ccccc34)CC2)cc1. The first-order chi connectivity index (χ1) is 15.0. The van der Waals surface area contributed by atoms with Crippen LogP contribution in [0.4, 0.5) is 0 Å². The Labute approximate surface area is 182 Å². The summed E-state index contributed by atoms with van der Waals surface area (Å²) in [5, 5.41) is 11.8. The number of aromatic nitrogens is 1. The number of aliphatic hydroxyl groups is 1. The minimum atomic E-state index is -0.563. The molecule has 1 aliphatic rings. The Balaban J connectivity index is 1.26. The summed E-state index contributed by atoms with van der Waals surface area (Å²) in [5.41, 5.74) is 4.41. The predicted octanol–water partition coefficient (Wildman–Crippen LogP) is 3.88. The molecule has 0 bridgehead atoms. The van der Waals surface area contributed by atoms with Crippen molar-refractivity contribution in [1.29, 1.82) is 0 Å². The number of aryl methyl sites for hydroxylation is 1. The first-order valence-corrected chi connectivity index (χ1v) is 10.8. The minimum Gasteiger partial charge on any atom is -0.491 e. The molecule has 0 saturated carbocycles. The molecule has 1 saturated heterocycles. The molecular weight excluding hydrogens is 392 g/mol. The highest BCUT2D eigenvalue weighted by Crippen LogP contribution is 2.35. The Morgan fingerprint density at radius 2 is 1.87 bits per heavy atom. The Kier molecular flexibility index (Phi) is 6.59. The molecule has 31 heavy (non-hydrogen) atoms. The van der Waals surface area contributed by atoms with Crippen molar-refractivity contribution in [3.05, 3.63) is 65.4 Å². The van der Waals surface area contributed by atoms with Gasteiger partial charge in [0.1, 0.15) is 18.5 Å². The van der Waals surface area contributed by atoms with Gasteiger partial charge < -0.3 is 24.5 Å². The van der Waals surface area contributed by atoms with Gasteiger partial charge in [0.25, 0.3) is 0 Å². The number of nitrogens with one attached hydrogen (secondary N) is 1. The largest absolute Gasteiger partial charge is 0.491 e. The topological polar surface area (TPSA) is 74.8 Å². The van der Waals surface area contributed by atoms with Gasteiger partial charge in [-0.05, 0) is 74.7 Å². The van der Waals surface area contributed by atoms with Gasteiger partial charge in [-0.1, -0.05) is 18.2 Å². The minimum absolute atomic E-state index is 0.221. The van der Waals surface area contributed by atoms with Crippen molar-refractivity contribution in [3.8, 4) is 5.75 Å². The number of ether oxygens (including phenoxy) is 2. The van der Waals surface area contributed by atoms with E-state index in [1.807, 2.05) is 0 Å². The van der Waals surface area contributed by atoms with Crippen LogP contribution in [-0.2, 0) is 4.74 Å². The highest BCUT2D eigenvalue weighted by molar-refractivity contribution is 5.89. The molecule has 2 aromatic carbocycles. The van der Waals surface area contributed by atoms with Crippen LogP contribution in [0.1, 0.15) is 40.4 Å². The van der Waals surface area contributed by atoms with E-state index in [9.17, 15) is 9.90 Å². The molecule has 0 spiro atoms. The van der Waals surface area contributed by atoms with Gasteiger partial charge in [-0.15, -0.1) is 0 Å². The lowest BCUT2D eigenvalue weighted by molar-refractivity contribution is 0.0587. The standard InChI is InChI=1S/C25H30N2O4/c1-17-24(22-5-3-4-6-23(22)26-17)18-11-13-27(14-12-18)15-20(28)16-31-21-9-7-19(8-10-21)25(29)30-2/h3-10,18,20,26,28H,11-16H2,1-2H3. The van der Waals surface area contributed by atoms with Gasteiger partial charge in [-0.25, -0.2) is 4.79 Å². The number of carbonyl (C=O) groups is 1. The highest BCUT2D eigenvalue weighted by Gasteiger charge is 2.25. The number of H-pyrrole nitrogens is 1. The maximum absolute atomic E-state index is 11.5. The highest BCUT2D eigenvalue weighted by atomic mass is 16.5. The maximum atomic E-state index is 11.5. The zero-order valence-electron chi connectivity index (χ0n) is 18.1. The number of β-amino-alcohol motifs (C(OH)–C–C–N with tert-alkyl or cyclic N) is 1. The summed E-state index contributed by atoms with van der Waals surface area (Å²) in [6.07, 6.45) is 1.61. The Morgan fingerprint density at radius 1 is 1.16 bits per heavy atom. The summed E-state index contributed by atoms with van der Waals surface area (Å²) in [7, 11) is 1.35. The van der Waals surface area contributed by atoms with Crippen molar-refractivity contribution in [2.45, 2.75) is 31.8 Å². The molecule has 164 valence electrons. The normalized spacial score (nSPS) is 16.4. The van der Waals surface area contributed by atoms with E-state index in [0.717, 1.165) is 25.9 Å². The summed E-state index contributed by atoms with van der Waals surface area (Å²) in [4.78, 5) is 17.3. The van der Waals surface area contributed by atoms with Crippen LogP contribution in [0.3, 0.4) is 0 Å². The average molecular weight is 423 g/mol. The Morgan fingerprint density at radius 3 is 2.58 bits per heavy atom. The molecule has 0 aliphatic carbocycles. The van der Waals surface area contributed by atoms with Crippen LogP contribution in [0, 0.1) is 6.92 Å². The van der Waals surface area contributed by atoms with Gasteiger partial charge >= 0.3 is 5.97 Å². The number of esters is 1. The Hall–Kier alpha value is -2.83. The van der Waals surface area contributed by atoms with E-state index in [4.69, 9.17) is 9.47 Å². The van der Waals surface area contributed by atoms with Crippen molar-refractivity contribution < 1.29 is 19.4 Å². The van der Waals surface area contributed by atoms with Crippen LogP contribution in [0.25, 0.3) is 10.9 Å². The van der Waals surface area contributed by atoms with Gasteiger partial charge in [0, 0.05) is 23.1 Å². The number of methoxy groups -OCH3 is 1. The molecule has 2 heterocycles. The van der Waals surface area contributed by atoms with Crippen LogP contribution in [0.5, 0.6) is 5.75 Å². The number of piperidine rings is 1. The van der Waals surface area contributed by atoms with Crippen LogP contribution in [-0.4, -0.2) is 60.4 Å². The third kappa shape index (κ3) is 4.92. The summed E-state index contributed by atoms with van der Waals surface area (Å²) in [6, 6.07) is 15.3. The van der Waals surface area contributed by atoms with Gasteiger partial charge in [-0.3, -0.25) is 0 Å². The van der Waals surface area contributed by atoms with Crippen molar-refractivity contribution in [3.63, 3.8) is 0 Å². The first kappa shape index (κ1) is 21.4. The molecule has 6 heteroatoms. The number of carbonyl (C=O) groups excluding carboxylic acids is 1. The molecule has 4 rings (SSSR count). The van der Waals surface area contributed by atoms with Gasteiger partial charge in [-0.2, -0.15) is 0 Å². The quantitative estimate of drug-likeness (QED) is 0.565. The summed E-state index contributed by atoms with van der Waals surface area (Å²) in [6.45, 7) is 4.92. The second-order valence-electron chi connectivity index (χ2n) is 8.26. The van der Waals surface area contributed by atoms with E-state index < -0.39 is 6.10 Å². The zero-order valence-corrected chi connectivity index (χ0v) is 18.1. The molecular formula is C25H30N2O4. The lowest BCUT2D eigenvalue weighted by Crippen LogP contribution is -2.40. The second kappa shape index (κ2) is 9.54. The number of aromatic amines is 1. The van der Waals surface area contributed by atoms with Gasteiger partial charge in [0.05, 0.1) is 12.7 Å². The number of hydrogen-bond donors (Lipinski definition) is 2. The number of likely N-dealkylation sites (tertiary alicyclic amines) is 1. The molecule has 1 atom stereocenters. The van der Waals surface area contributed by atoms with Crippen molar-refractivity contribution in [2.75, 3.05) is 33.4 Å². The fraction of sp³-hybridized carbons (Fsp3) is 0.400. The van der Waals surface area contributed by atoms with Crippen LogP contribution in [0.2, 0.25) is 0 Å². The number of benzene rings is 2. The van der Waals surface area contributed by atoms with E-state index in [0.29, 0.717) is 23.8 Å². The Bertz CT molecular complexity index is 1020. The van der Waals surface area contributed by atoms with Gasteiger partial charge in [0.2, 0.25) is 0 Å². The summed E-state index contributed by atoms with van der Waals surface area (Å²) < 4.78 is 10.4. The predicted molar refractivity (Wildman–Crippen MR) is 121 cm³/mol. The lowest BCUT2D eigenvalue weighted by atomic mass is 9.87. The monoisotopic (exact) mass is 422 g/mol. The van der Waals surface area contributed by atoms with E-state index >= 15 is 0 Å². The molecule has 1 aromatic heterocycles. The zero-order chi connectivity index (χ0) is 21.8. The van der Waals surface area contributed by atoms with E-state index in [1.54, 1.807) is 24.3 Å². The number of fused-ring (bicyclic) bond motifs is 1. The number of hydrogen-bond acceptors (Lipinski definition) is 5. The average Bonchev–Trinajstić information content (AvgIpc) is 3.13. The first-order valence-electron chi connectivity index (χ1n) is 10.8. The molecule has 0 amide bonds. The molecule has 2 N–H and O–H groups in total. The molecule has 6 nitrogen and oxygen atoms in total. The number of rotatable bonds is 7. The molecule has 3 aromatic rings. The molecule has 0 radical (unpaired) electrons. The third-order valence-corrected chi connectivity index (χ3v) is 6.13. The second-order valence-corrected chi connectivity index (χ2v) is 8.26. The van der Waals surface area contributed by atoms with Crippen molar-refractivity contribution in [2.24, 2.45) is 0 Å². The number of aliphatic hydroxyl groups excluding tert-OH is 1. The van der Waals surface area contributed by atoms with E-state index in [-0.39, 0.29) is 12.6 Å². The molecule has 1 aliphatic heterocycles. The van der Waals surface area contributed by atoms with Crippen molar-refractivity contribution in [1.82, 2.24) is 9.88 Å².